The van der Waals surface area contributed by atoms with Gasteiger partial charge in [0.15, 0.2) is 5.03 Å². The largest absolute Gasteiger partial charge is 0.363 e. The summed E-state index contributed by atoms with van der Waals surface area (Å²) in [6.07, 6.45) is 7.57. The first-order chi connectivity index (χ1) is 8.61. The van der Waals surface area contributed by atoms with Crippen LogP contribution in [0.1, 0.15) is 51.9 Å². The van der Waals surface area contributed by atoms with E-state index in [1.54, 1.807) is 0 Å². The molecule has 0 saturated heterocycles. The molecule has 104 valence electrons. The summed E-state index contributed by atoms with van der Waals surface area (Å²) in [7, 11) is 0. The molecule has 18 heavy (non-hydrogen) atoms. The predicted octanol–water partition coefficient (Wildman–Crippen LogP) is 2.23. The maximum Gasteiger partial charge on any atom is 0.291 e. The third-order valence-electron chi connectivity index (χ3n) is 2.52. The van der Waals surface area contributed by atoms with Crippen molar-refractivity contribution in [2.24, 2.45) is 16.1 Å². The summed E-state index contributed by atoms with van der Waals surface area (Å²) in [6.45, 7) is 2.42. The van der Waals surface area contributed by atoms with Crippen LogP contribution in [0.5, 0.6) is 0 Å². The van der Waals surface area contributed by atoms with Crippen molar-refractivity contribution in [3.63, 3.8) is 0 Å². The molecule has 0 rings (SSSR count). The Labute approximate surface area is 106 Å². The zero-order valence-electron chi connectivity index (χ0n) is 10.7. The van der Waals surface area contributed by atoms with E-state index in [1.807, 2.05) is 0 Å². The Kier molecular flexibility index (Phi) is 9.42. The smallest absolute Gasteiger partial charge is 0.291 e. The fourth-order valence-electron chi connectivity index (χ4n) is 1.55. The van der Waals surface area contributed by atoms with Crippen LogP contribution < -0.4 is 5.73 Å². The van der Waals surface area contributed by atoms with Gasteiger partial charge in [0.25, 0.3) is 5.96 Å². The molecule has 8 heteroatoms. The van der Waals surface area contributed by atoms with Gasteiger partial charge in [0.05, 0.1) is 5.29 Å². The number of nitroso groups, excluding NO2 is 1. The maximum atomic E-state index is 10.4. The number of unbranched alkanes of at least 4 members (excludes halogenated alkanes) is 6. The van der Waals surface area contributed by atoms with Gasteiger partial charge >= 0.3 is 0 Å². The molecule has 8 nitrogen and oxygen atoms in total. The zero-order chi connectivity index (χ0) is 13.8. The van der Waals surface area contributed by atoms with Crippen LogP contribution >= 0.6 is 0 Å². The molecule has 0 aliphatic heterocycles. The van der Waals surface area contributed by atoms with Crippen molar-refractivity contribution in [2.45, 2.75) is 51.9 Å². The molecule has 0 spiro atoms. The number of hydrazone groups is 1. The quantitative estimate of drug-likeness (QED) is 0.161. The van der Waals surface area contributed by atoms with E-state index in [0.29, 0.717) is 6.42 Å². The first-order valence-electron chi connectivity index (χ1n) is 6.21. The number of rotatable bonds is 10. The van der Waals surface area contributed by atoms with Crippen LogP contribution in [-0.2, 0) is 0 Å². The van der Waals surface area contributed by atoms with Crippen LogP contribution in [0.4, 0.5) is 0 Å². The maximum absolute atomic E-state index is 10.4. The highest BCUT2D eigenvalue weighted by atomic mass is 16.7. The Bertz CT molecular complexity index is 283. The van der Waals surface area contributed by atoms with Gasteiger partial charge in [0, 0.05) is 6.54 Å². The minimum Gasteiger partial charge on any atom is -0.363 e. The molecule has 0 fully saturated rings. The summed E-state index contributed by atoms with van der Waals surface area (Å²) in [6, 6.07) is 0. The zero-order valence-corrected chi connectivity index (χ0v) is 10.7. The van der Waals surface area contributed by atoms with Gasteiger partial charge in [-0.05, 0) is 6.42 Å². The van der Waals surface area contributed by atoms with E-state index in [4.69, 9.17) is 5.73 Å². The molecule has 0 bridgehead atoms. The number of hydrogen-bond acceptors (Lipinski definition) is 4. The Balaban J connectivity index is 3.75. The van der Waals surface area contributed by atoms with E-state index >= 15 is 0 Å². The molecule has 0 aromatic rings. The minimum atomic E-state index is -0.946. The van der Waals surface area contributed by atoms with Crippen molar-refractivity contribution < 1.29 is 5.03 Å². The Morgan fingerprint density at radius 3 is 2.28 bits per heavy atom. The first kappa shape index (κ1) is 16.3. The lowest BCUT2D eigenvalue weighted by molar-refractivity contribution is -0.485. The Hall–Kier alpha value is -1.73. The average Bonchev–Trinajstić information content (AvgIpc) is 2.31. The van der Waals surface area contributed by atoms with E-state index < -0.39 is 11.0 Å². The third kappa shape index (κ3) is 8.43. The Morgan fingerprint density at radius 1 is 1.22 bits per heavy atom. The lowest BCUT2D eigenvalue weighted by atomic mass is 10.1. The molecule has 0 unspecified atom stereocenters. The third-order valence-corrected chi connectivity index (χ3v) is 2.52. The second kappa shape index (κ2) is 10.4. The SMILES string of the molecule is CCCCCCCCCN(N=O)/C(N)=N/[N+](=O)[O-]. The van der Waals surface area contributed by atoms with E-state index in [0.717, 1.165) is 17.9 Å². The van der Waals surface area contributed by atoms with Gasteiger partial charge in [-0.1, -0.05) is 45.4 Å². The van der Waals surface area contributed by atoms with Crippen LogP contribution in [0.3, 0.4) is 0 Å². The van der Waals surface area contributed by atoms with Gasteiger partial charge in [0.2, 0.25) is 0 Å². The summed E-state index contributed by atoms with van der Waals surface area (Å²) >= 11 is 0. The monoisotopic (exact) mass is 259 g/mol. The first-order valence-corrected chi connectivity index (χ1v) is 6.21. The molecule has 0 aromatic heterocycles. The second-order valence-corrected chi connectivity index (χ2v) is 4.02. The summed E-state index contributed by atoms with van der Waals surface area (Å²) in [5.74, 6) is -0.471. The van der Waals surface area contributed by atoms with Gasteiger partial charge in [-0.2, -0.15) is 5.01 Å². The number of guanidine groups is 1. The van der Waals surface area contributed by atoms with Gasteiger partial charge in [0.1, 0.15) is 5.10 Å². The molecule has 0 aromatic carbocycles. The van der Waals surface area contributed by atoms with Crippen molar-refractivity contribution in [1.82, 2.24) is 5.01 Å². The second-order valence-electron chi connectivity index (χ2n) is 4.02. The van der Waals surface area contributed by atoms with E-state index in [-0.39, 0.29) is 6.54 Å². The lowest BCUT2D eigenvalue weighted by Gasteiger charge is -2.11. The van der Waals surface area contributed by atoms with Crippen molar-refractivity contribution in [2.75, 3.05) is 6.54 Å². The summed E-state index contributed by atoms with van der Waals surface area (Å²) in [5.41, 5.74) is 5.25. The summed E-state index contributed by atoms with van der Waals surface area (Å²) in [5, 5.41) is 15.4. The fourth-order valence-corrected chi connectivity index (χ4v) is 1.55. The normalized spacial score (nSPS) is 11.3. The van der Waals surface area contributed by atoms with Gasteiger partial charge in [-0.3, -0.25) is 0 Å². The number of hydrogen-bond donors (Lipinski definition) is 1. The summed E-state index contributed by atoms with van der Waals surface area (Å²) in [4.78, 5) is 20.5. The fraction of sp³-hybridized carbons (Fsp3) is 0.900. The highest BCUT2D eigenvalue weighted by Crippen LogP contribution is 2.07. The van der Waals surface area contributed by atoms with Crippen molar-refractivity contribution in [3.05, 3.63) is 15.0 Å². The van der Waals surface area contributed by atoms with Crippen molar-refractivity contribution >= 4 is 5.96 Å². The molecule has 0 aliphatic rings. The van der Waals surface area contributed by atoms with Crippen molar-refractivity contribution in [1.29, 1.82) is 0 Å². The molecule has 0 aliphatic carbocycles. The van der Waals surface area contributed by atoms with E-state index in [1.165, 1.54) is 25.7 Å². The molecule has 0 amide bonds. The molecular weight excluding hydrogens is 238 g/mol. The van der Waals surface area contributed by atoms with Crippen LogP contribution in [0.15, 0.2) is 10.4 Å². The Morgan fingerprint density at radius 2 is 1.78 bits per heavy atom. The molecule has 0 atom stereocenters. The minimum absolute atomic E-state index is 0.264. The van der Waals surface area contributed by atoms with Gasteiger partial charge in [-0.25, -0.2) is 10.1 Å². The van der Waals surface area contributed by atoms with Crippen LogP contribution in [0.25, 0.3) is 0 Å². The molecule has 0 heterocycles. The molecular formula is C10H21N5O3. The lowest BCUT2D eigenvalue weighted by Crippen LogP contribution is -2.34. The van der Waals surface area contributed by atoms with Crippen LogP contribution in [0, 0.1) is 15.0 Å². The average molecular weight is 259 g/mol. The summed E-state index contributed by atoms with van der Waals surface area (Å²) < 4.78 is 0. The molecule has 0 saturated carbocycles. The highest BCUT2D eigenvalue weighted by Gasteiger charge is 2.11. The number of nitro groups is 1. The van der Waals surface area contributed by atoms with Crippen LogP contribution in [0.2, 0.25) is 0 Å². The highest BCUT2D eigenvalue weighted by molar-refractivity contribution is 5.76. The van der Waals surface area contributed by atoms with Crippen molar-refractivity contribution in [3.8, 4) is 0 Å². The number of nitrogens with zero attached hydrogens (tertiary/aromatic N) is 4. The number of nitrogens with two attached hydrogens (primary N) is 1. The van der Waals surface area contributed by atoms with Crippen LogP contribution in [-0.4, -0.2) is 22.5 Å². The molecule has 2 N–H and O–H groups in total. The van der Waals surface area contributed by atoms with Gasteiger partial charge in [-0.15, -0.1) is 4.91 Å². The predicted molar refractivity (Wildman–Crippen MR) is 69.1 cm³/mol. The van der Waals surface area contributed by atoms with E-state index in [2.05, 4.69) is 17.3 Å². The standard InChI is InChI=1S/C10H21N5O3/c1-2-3-4-5-6-7-8-9-14(13-16)10(11)12-15(17)18/h2-9H2,1H3,(H2,11,12). The topological polar surface area (TPSA) is 114 Å². The van der Waals surface area contributed by atoms with E-state index in [9.17, 15) is 15.0 Å². The molecule has 0 radical (unpaired) electrons. The van der Waals surface area contributed by atoms with Gasteiger partial charge < -0.3 is 5.73 Å².